The highest BCUT2D eigenvalue weighted by Crippen LogP contribution is 2.24. The average molecular weight is 384 g/mol. The molecular formula is C17H19Cl2N3O3. The summed E-state index contributed by atoms with van der Waals surface area (Å²) in [5.74, 6) is -0.266. The highest BCUT2D eigenvalue weighted by molar-refractivity contribution is 6.42. The molecule has 1 aliphatic carbocycles. The molecule has 0 spiro atoms. The average Bonchev–Trinajstić information content (AvgIpc) is 3.26. The summed E-state index contributed by atoms with van der Waals surface area (Å²) in [6, 6.07) is 4.96. The number of benzene rings is 1. The molecule has 1 unspecified atom stereocenters. The van der Waals surface area contributed by atoms with Crippen molar-refractivity contribution in [3.63, 3.8) is 0 Å². The number of likely N-dealkylation sites (tertiary alicyclic amines) is 1. The standard InChI is InChI=1S/C17H19Cl2N3O3/c1-10(23)22-8-13(7-16(22)17(24)20-12-3-4-12)21-25-9-11-2-5-14(18)15(19)6-11/h2,5-6,12,16H,3-4,7-9H2,1H3,(H,20,24). The van der Waals surface area contributed by atoms with Crippen molar-refractivity contribution in [1.29, 1.82) is 0 Å². The molecule has 6 nitrogen and oxygen atoms in total. The van der Waals surface area contributed by atoms with Gasteiger partial charge in [0.05, 0.1) is 22.3 Å². The Hall–Kier alpha value is -1.79. The normalized spacial score (nSPS) is 21.5. The molecule has 2 aliphatic rings. The summed E-state index contributed by atoms with van der Waals surface area (Å²) in [6.07, 6.45) is 2.40. The minimum Gasteiger partial charge on any atom is -0.391 e. The van der Waals surface area contributed by atoms with Crippen LogP contribution < -0.4 is 5.32 Å². The molecule has 134 valence electrons. The first-order valence-corrected chi connectivity index (χ1v) is 8.89. The van der Waals surface area contributed by atoms with E-state index in [0.717, 1.165) is 18.4 Å². The van der Waals surface area contributed by atoms with Gasteiger partial charge in [0.1, 0.15) is 12.6 Å². The van der Waals surface area contributed by atoms with E-state index in [1.54, 1.807) is 18.2 Å². The predicted molar refractivity (Wildman–Crippen MR) is 95.6 cm³/mol. The van der Waals surface area contributed by atoms with Gasteiger partial charge in [-0.15, -0.1) is 0 Å². The van der Waals surface area contributed by atoms with Gasteiger partial charge < -0.3 is 15.1 Å². The fourth-order valence-electron chi connectivity index (χ4n) is 2.69. The van der Waals surface area contributed by atoms with Crippen LogP contribution in [0.3, 0.4) is 0 Å². The van der Waals surface area contributed by atoms with Gasteiger partial charge in [0.25, 0.3) is 0 Å². The van der Waals surface area contributed by atoms with Gasteiger partial charge in [-0.25, -0.2) is 0 Å². The van der Waals surface area contributed by atoms with Crippen LogP contribution in [0.4, 0.5) is 0 Å². The van der Waals surface area contributed by atoms with E-state index >= 15 is 0 Å². The van der Waals surface area contributed by atoms with Crippen LogP contribution in [0.5, 0.6) is 0 Å². The number of nitrogens with one attached hydrogen (secondary N) is 1. The van der Waals surface area contributed by atoms with Gasteiger partial charge in [-0.1, -0.05) is 34.4 Å². The minimum atomic E-state index is -0.509. The van der Waals surface area contributed by atoms with Crippen LogP contribution in [0.25, 0.3) is 0 Å². The molecule has 3 rings (SSSR count). The van der Waals surface area contributed by atoms with Crippen molar-refractivity contribution in [2.75, 3.05) is 6.54 Å². The molecule has 1 aromatic rings. The van der Waals surface area contributed by atoms with Crippen molar-refractivity contribution in [3.8, 4) is 0 Å². The number of rotatable bonds is 5. The van der Waals surface area contributed by atoms with E-state index < -0.39 is 6.04 Å². The second kappa shape index (κ2) is 7.62. The maximum Gasteiger partial charge on any atom is 0.243 e. The Kier molecular flexibility index (Phi) is 5.49. The molecule has 0 aromatic heterocycles. The quantitative estimate of drug-likeness (QED) is 0.794. The van der Waals surface area contributed by atoms with Gasteiger partial charge in [-0.3, -0.25) is 9.59 Å². The molecule has 0 bridgehead atoms. The van der Waals surface area contributed by atoms with E-state index in [9.17, 15) is 9.59 Å². The highest BCUT2D eigenvalue weighted by atomic mass is 35.5. The molecule has 1 saturated carbocycles. The summed E-state index contributed by atoms with van der Waals surface area (Å²) in [7, 11) is 0. The molecule has 1 saturated heterocycles. The third-order valence-electron chi connectivity index (χ3n) is 4.20. The highest BCUT2D eigenvalue weighted by Gasteiger charge is 2.38. The van der Waals surface area contributed by atoms with Crippen molar-refractivity contribution < 1.29 is 14.4 Å². The van der Waals surface area contributed by atoms with Crippen molar-refractivity contribution in [3.05, 3.63) is 33.8 Å². The third-order valence-corrected chi connectivity index (χ3v) is 4.94. The molecule has 1 atom stereocenters. The first-order valence-electron chi connectivity index (χ1n) is 8.13. The number of hydrogen-bond donors (Lipinski definition) is 1. The van der Waals surface area contributed by atoms with Crippen molar-refractivity contribution in [1.82, 2.24) is 10.2 Å². The summed E-state index contributed by atoms with van der Waals surface area (Å²) in [5, 5.41) is 7.97. The monoisotopic (exact) mass is 383 g/mol. The predicted octanol–water partition coefficient (Wildman–Crippen LogP) is 2.77. The number of halogens is 2. The number of hydrogen-bond acceptors (Lipinski definition) is 4. The number of carbonyl (C=O) groups excluding carboxylic acids is 2. The Morgan fingerprint density at radius 2 is 2.08 bits per heavy atom. The van der Waals surface area contributed by atoms with Crippen molar-refractivity contribution in [2.45, 2.75) is 44.9 Å². The van der Waals surface area contributed by atoms with Crippen LogP contribution in [-0.2, 0) is 21.0 Å². The van der Waals surface area contributed by atoms with Crippen LogP contribution in [0.2, 0.25) is 10.0 Å². The summed E-state index contributed by atoms with van der Waals surface area (Å²) >= 11 is 11.8. The van der Waals surface area contributed by atoms with E-state index in [2.05, 4.69) is 10.5 Å². The van der Waals surface area contributed by atoms with E-state index in [1.807, 2.05) is 0 Å². The largest absolute Gasteiger partial charge is 0.391 e. The summed E-state index contributed by atoms with van der Waals surface area (Å²) in [4.78, 5) is 31.0. The van der Waals surface area contributed by atoms with Crippen LogP contribution in [0.15, 0.2) is 23.4 Å². The number of carbonyl (C=O) groups is 2. The van der Waals surface area contributed by atoms with E-state index in [1.165, 1.54) is 11.8 Å². The molecule has 1 heterocycles. The molecule has 2 fully saturated rings. The Morgan fingerprint density at radius 3 is 2.72 bits per heavy atom. The lowest BCUT2D eigenvalue weighted by Crippen LogP contribution is -2.45. The molecular weight excluding hydrogens is 365 g/mol. The first kappa shape index (κ1) is 18.0. The zero-order valence-corrected chi connectivity index (χ0v) is 15.3. The Balaban J connectivity index is 1.59. The molecule has 2 amide bonds. The van der Waals surface area contributed by atoms with Gasteiger partial charge in [-0.05, 0) is 30.5 Å². The van der Waals surface area contributed by atoms with Crippen molar-refractivity contribution >= 4 is 40.7 Å². The fraction of sp³-hybridized carbons (Fsp3) is 0.471. The van der Waals surface area contributed by atoms with Gasteiger partial charge in [0, 0.05) is 19.4 Å². The number of amides is 2. The lowest BCUT2D eigenvalue weighted by molar-refractivity contribution is -0.136. The Labute approximate surface area is 156 Å². The van der Waals surface area contributed by atoms with Crippen LogP contribution in [-0.4, -0.2) is 41.1 Å². The number of oxime groups is 1. The van der Waals surface area contributed by atoms with Crippen molar-refractivity contribution in [2.24, 2.45) is 5.16 Å². The van der Waals surface area contributed by atoms with E-state index in [4.69, 9.17) is 28.0 Å². The SMILES string of the molecule is CC(=O)N1CC(=NOCc2ccc(Cl)c(Cl)c2)CC1C(=O)NC1CC1. The van der Waals surface area contributed by atoms with Crippen LogP contribution in [0, 0.1) is 0 Å². The maximum atomic E-state index is 12.3. The van der Waals surface area contributed by atoms with Gasteiger partial charge in [-0.2, -0.15) is 0 Å². The maximum absolute atomic E-state index is 12.3. The van der Waals surface area contributed by atoms with Gasteiger partial charge in [0.2, 0.25) is 11.8 Å². The second-order valence-corrected chi connectivity index (χ2v) is 7.14. The van der Waals surface area contributed by atoms with E-state index in [0.29, 0.717) is 28.7 Å². The zero-order valence-electron chi connectivity index (χ0n) is 13.8. The second-order valence-electron chi connectivity index (χ2n) is 6.33. The smallest absolute Gasteiger partial charge is 0.243 e. The lowest BCUT2D eigenvalue weighted by atomic mass is 10.2. The first-order chi connectivity index (χ1) is 11.9. The van der Waals surface area contributed by atoms with E-state index in [-0.39, 0.29) is 24.5 Å². The molecule has 8 heteroatoms. The molecule has 1 aliphatic heterocycles. The molecule has 25 heavy (non-hydrogen) atoms. The third kappa shape index (κ3) is 4.64. The minimum absolute atomic E-state index is 0.118. The Bertz CT molecular complexity index is 719. The van der Waals surface area contributed by atoms with Crippen LogP contribution in [0.1, 0.15) is 31.7 Å². The summed E-state index contributed by atoms with van der Waals surface area (Å²) < 4.78 is 0. The molecule has 1 N–H and O–H groups in total. The number of nitrogens with zero attached hydrogens (tertiary/aromatic N) is 2. The summed E-state index contributed by atoms with van der Waals surface area (Å²) in [6.45, 7) is 2.00. The van der Waals surface area contributed by atoms with Crippen LogP contribution >= 0.6 is 23.2 Å². The summed E-state index contributed by atoms with van der Waals surface area (Å²) in [5.41, 5.74) is 1.51. The van der Waals surface area contributed by atoms with Gasteiger partial charge in [0.15, 0.2) is 0 Å². The Morgan fingerprint density at radius 1 is 1.32 bits per heavy atom. The zero-order chi connectivity index (χ0) is 18.0. The lowest BCUT2D eigenvalue weighted by Gasteiger charge is -2.21. The van der Waals surface area contributed by atoms with Gasteiger partial charge >= 0.3 is 0 Å². The molecule has 1 aromatic carbocycles. The fourth-order valence-corrected chi connectivity index (χ4v) is 3.01. The molecule has 0 radical (unpaired) electrons. The topological polar surface area (TPSA) is 71.0 Å².